The largest absolute Gasteiger partial charge is 0.494 e. The fourth-order valence-electron chi connectivity index (χ4n) is 3.85. The summed E-state index contributed by atoms with van der Waals surface area (Å²) in [6.07, 6.45) is -4.22. The molecule has 0 aliphatic carbocycles. The Bertz CT molecular complexity index is 1000. The van der Waals surface area contributed by atoms with Crippen molar-refractivity contribution in [3.8, 4) is 5.75 Å². The summed E-state index contributed by atoms with van der Waals surface area (Å²) in [6, 6.07) is 5.73. The van der Waals surface area contributed by atoms with E-state index in [2.05, 4.69) is 15.3 Å². The number of urea groups is 1. The molecule has 0 spiro atoms. The van der Waals surface area contributed by atoms with Crippen molar-refractivity contribution >= 4 is 29.1 Å². The molecule has 1 saturated heterocycles. The van der Waals surface area contributed by atoms with Gasteiger partial charge in [0.25, 0.3) is 0 Å². The standard InChI is InChI=1S/C20H20F3N5O3/c1-31-15-10-13(14(29)5-7-20(21,22)23)25-18-17(15)27-9-6-12(11-27)28(18)19(30)26-16-4-2-3-8-24-16/h2-4,8,10,12H,5-7,9,11H2,1H3,(H,24,26,30)/t12-/m0/s1. The number of hydrogen-bond donors (Lipinski definition) is 1. The molecule has 1 N–H and O–H groups in total. The second-order valence-corrected chi connectivity index (χ2v) is 7.32. The number of amides is 2. The third-order valence-corrected chi connectivity index (χ3v) is 5.27. The van der Waals surface area contributed by atoms with Gasteiger partial charge in [-0.15, -0.1) is 0 Å². The van der Waals surface area contributed by atoms with E-state index in [9.17, 15) is 22.8 Å². The molecule has 31 heavy (non-hydrogen) atoms. The summed E-state index contributed by atoms with van der Waals surface area (Å²) in [5, 5.41) is 2.71. The predicted octanol–water partition coefficient (Wildman–Crippen LogP) is 3.64. The first-order chi connectivity index (χ1) is 14.8. The lowest BCUT2D eigenvalue weighted by Gasteiger charge is -2.36. The van der Waals surface area contributed by atoms with Gasteiger partial charge in [-0.3, -0.25) is 15.0 Å². The zero-order chi connectivity index (χ0) is 22.2. The molecule has 2 amide bonds. The first-order valence-electron chi connectivity index (χ1n) is 9.72. The lowest BCUT2D eigenvalue weighted by Crippen LogP contribution is -2.48. The van der Waals surface area contributed by atoms with Crippen LogP contribution in [0.1, 0.15) is 29.8 Å². The number of carbonyl (C=O) groups excluding carboxylic acids is 2. The van der Waals surface area contributed by atoms with Gasteiger partial charge in [0, 0.05) is 31.8 Å². The van der Waals surface area contributed by atoms with Crippen molar-refractivity contribution in [3.05, 3.63) is 36.2 Å². The number of carbonyl (C=O) groups is 2. The quantitative estimate of drug-likeness (QED) is 0.722. The molecule has 4 heterocycles. The number of rotatable bonds is 5. The molecule has 2 aliphatic rings. The zero-order valence-electron chi connectivity index (χ0n) is 16.6. The summed E-state index contributed by atoms with van der Waals surface area (Å²) in [6.45, 7) is 1.21. The van der Waals surface area contributed by atoms with Crippen LogP contribution in [0.25, 0.3) is 0 Å². The summed E-state index contributed by atoms with van der Waals surface area (Å²) in [5.41, 5.74) is 0.373. The molecule has 2 aromatic rings. The van der Waals surface area contributed by atoms with Gasteiger partial charge in [0.05, 0.1) is 19.6 Å². The third-order valence-electron chi connectivity index (χ3n) is 5.27. The molecule has 11 heteroatoms. The van der Waals surface area contributed by atoms with Gasteiger partial charge in [-0.05, 0) is 18.6 Å². The lowest BCUT2D eigenvalue weighted by atomic mass is 10.1. The van der Waals surface area contributed by atoms with Crippen molar-refractivity contribution in [3.63, 3.8) is 0 Å². The summed E-state index contributed by atoms with van der Waals surface area (Å²) in [4.78, 5) is 37.4. The molecule has 2 bridgehead atoms. The third kappa shape index (κ3) is 4.25. The number of aromatic nitrogens is 2. The number of methoxy groups -OCH3 is 1. The molecule has 1 atom stereocenters. The molecule has 2 aliphatic heterocycles. The summed E-state index contributed by atoms with van der Waals surface area (Å²) in [7, 11) is 1.40. The lowest BCUT2D eigenvalue weighted by molar-refractivity contribution is -0.133. The molecule has 164 valence electrons. The molecule has 1 fully saturated rings. The Morgan fingerprint density at radius 2 is 2.13 bits per heavy atom. The van der Waals surface area contributed by atoms with Crippen LogP contribution >= 0.6 is 0 Å². The number of ketones is 1. The van der Waals surface area contributed by atoms with Crippen molar-refractivity contribution < 1.29 is 27.5 Å². The Hall–Kier alpha value is -3.37. The molecular formula is C20H20F3N5O3. The Balaban J connectivity index is 1.70. The molecule has 0 saturated carbocycles. The van der Waals surface area contributed by atoms with E-state index in [0.717, 1.165) is 0 Å². The maximum Gasteiger partial charge on any atom is 0.389 e. The van der Waals surface area contributed by atoms with Crippen LogP contribution in [0.2, 0.25) is 0 Å². The van der Waals surface area contributed by atoms with Crippen LogP contribution < -0.4 is 19.9 Å². The minimum absolute atomic E-state index is 0.169. The molecular weight excluding hydrogens is 415 g/mol. The van der Waals surface area contributed by atoms with Crippen LogP contribution in [0, 0.1) is 0 Å². The van der Waals surface area contributed by atoms with Gasteiger partial charge in [-0.2, -0.15) is 13.2 Å². The average Bonchev–Trinajstić information content (AvgIpc) is 3.15. The summed E-state index contributed by atoms with van der Waals surface area (Å²) >= 11 is 0. The summed E-state index contributed by atoms with van der Waals surface area (Å²) in [5.74, 6) is 0.0588. The second-order valence-electron chi connectivity index (χ2n) is 7.32. The van der Waals surface area contributed by atoms with Gasteiger partial charge in [-0.25, -0.2) is 14.8 Å². The van der Waals surface area contributed by atoms with Crippen molar-refractivity contribution in [1.82, 2.24) is 9.97 Å². The minimum atomic E-state index is -4.45. The average molecular weight is 435 g/mol. The number of nitrogens with zero attached hydrogens (tertiary/aromatic N) is 4. The zero-order valence-corrected chi connectivity index (χ0v) is 16.6. The molecule has 2 aromatic heterocycles. The highest BCUT2D eigenvalue weighted by Crippen LogP contribution is 2.45. The Kier molecular flexibility index (Phi) is 5.42. The van der Waals surface area contributed by atoms with Gasteiger partial charge in [0.1, 0.15) is 22.9 Å². The maximum absolute atomic E-state index is 13.1. The number of halogens is 3. The Morgan fingerprint density at radius 1 is 1.32 bits per heavy atom. The van der Waals surface area contributed by atoms with E-state index in [1.165, 1.54) is 24.3 Å². The van der Waals surface area contributed by atoms with Gasteiger partial charge < -0.3 is 9.64 Å². The van der Waals surface area contributed by atoms with Crippen LogP contribution in [-0.4, -0.2) is 54.2 Å². The van der Waals surface area contributed by atoms with Crippen molar-refractivity contribution in [2.75, 3.05) is 35.3 Å². The van der Waals surface area contributed by atoms with Gasteiger partial charge in [0.2, 0.25) is 0 Å². The van der Waals surface area contributed by atoms with Crippen molar-refractivity contribution in [2.45, 2.75) is 31.5 Å². The van der Waals surface area contributed by atoms with Crippen LogP contribution in [0.5, 0.6) is 5.75 Å². The fraction of sp³-hybridized carbons (Fsp3) is 0.400. The Labute approximate surface area is 176 Å². The van der Waals surface area contributed by atoms with Crippen LogP contribution in [0.4, 0.5) is 35.3 Å². The first-order valence-corrected chi connectivity index (χ1v) is 9.72. The monoisotopic (exact) mass is 435 g/mol. The topological polar surface area (TPSA) is 87.7 Å². The fourth-order valence-corrected chi connectivity index (χ4v) is 3.85. The SMILES string of the molecule is COc1cc(C(=O)CCC(F)(F)F)nc2c1N1CC[C@@H](C1)N2C(=O)Nc1ccccn1. The van der Waals surface area contributed by atoms with Crippen LogP contribution in [0.3, 0.4) is 0 Å². The Morgan fingerprint density at radius 3 is 2.81 bits per heavy atom. The van der Waals surface area contributed by atoms with E-state index in [1.54, 1.807) is 18.2 Å². The smallest absolute Gasteiger partial charge is 0.389 e. The van der Waals surface area contributed by atoms with E-state index < -0.39 is 30.8 Å². The molecule has 0 radical (unpaired) electrons. The second kappa shape index (κ2) is 8.05. The minimum Gasteiger partial charge on any atom is -0.494 e. The highest BCUT2D eigenvalue weighted by molar-refractivity contribution is 6.06. The van der Waals surface area contributed by atoms with E-state index in [0.29, 0.717) is 31.0 Å². The number of alkyl halides is 3. The number of ether oxygens (including phenoxy) is 1. The molecule has 4 rings (SSSR count). The maximum atomic E-state index is 13.1. The highest BCUT2D eigenvalue weighted by Gasteiger charge is 2.42. The number of nitrogens with one attached hydrogen (secondary N) is 1. The van der Waals surface area contributed by atoms with Crippen molar-refractivity contribution in [2.24, 2.45) is 0 Å². The predicted molar refractivity (Wildman–Crippen MR) is 107 cm³/mol. The highest BCUT2D eigenvalue weighted by atomic mass is 19.4. The molecule has 0 unspecified atom stereocenters. The van der Waals surface area contributed by atoms with Crippen LogP contribution in [0.15, 0.2) is 30.5 Å². The number of Topliss-reactive ketones (excluding diaryl/α,β-unsaturated/α-hetero) is 1. The van der Waals surface area contributed by atoms with Crippen LogP contribution in [-0.2, 0) is 0 Å². The van der Waals surface area contributed by atoms with Gasteiger partial charge in [-0.1, -0.05) is 6.07 Å². The normalized spacial score (nSPS) is 17.4. The number of anilines is 3. The molecule has 0 aromatic carbocycles. The number of hydrogen-bond acceptors (Lipinski definition) is 6. The number of pyridine rings is 2. The number of fused-ring (bicyclic) bond motifs is 4. The van der Waals surface area contributed by atoms with E-state index >= 15 is 0 Å². The van der Waals surface area contributed by atoms with E-state index in [-0.39, 0.29) is 23.3 Å². The van der Waals surface area contributed by atoms with Gasteiger partial charge in [0.15, 0.2) is 11.6 Å². The van der Waals surface area contributed by atoms with Crippen molar-refractivity contribution in [1.29, 1.82) is 0 Å². The van der Waals surface area contributed by atoms with E-state index in [4.69, 9.17) is 4.74 Å². The van der Waals surface area contributed by atoms with Gasteiger partial charge >= 0.3 is 12.2 Å². The molecule has 8 nitrogen and oxygen atoms in total. The first kappa shape index (κ1) is 20.9. The van der Waals surface area contributed by atoms with E-state index in [1.807, 2.05) is 4.90 Å². The summed E-state index contributed by atoms with van der Waals surface area (Å²) < 4.78 is 43.1.